The number of rotatable bonds is 5. The minimum absolute atomic E-state index is 0.315. The summed E-state index contributed by atoms with van der Waals surface area (Å²) in [7, 11) is 0. The molecule has 0 radical (unpaired) electrons. The van der Waals surface area contributed by atoms with Crippen LogP contribution in [0.4, 0.5) is 5.82 Å². The quantitative estimate of drug-likeness (QED) is 0.863. The number of nitrogens with one attached hydrogen (secondary N) is 1. The summed E-state index contributed by atoms with van der Waals surface area (Å²) in [5.74, 6) is -0.733. The third-order valence-electron chi connectivity index (χ3n) is 2.90. The zero-order valence-electron chi connectivity index (χ0n) is 10.7. The van der Waals surface area contributed by atoms with Crippen LogP contribution >= 0.6 is 0 Å². The molecule has 2 N–H and O–H groups in total. The minimum Gasteiger partial charge on any atom is -0.481 e. The van der Waals surface area contributed by atoms with E-state index in [0.717, 1.165) is 11.1 Å². The Kier molecular flexibility index (Phi) is 4.13. The van der Waals surface area contributed by atoms with Crippen LogP contribution in [0.1, 0.15) is 17.0 Å². The second-order valence-corrected chi connectivity index (χ2v) is 4.40. The highest BCUT2D eigenvalue weighted by Crippen LogP contribution is 2.16. The van der Waals surface area contributed by atoms with Gasteiger partial charge < -0.3 is 10.4 Å². The van der Waals surface area contributed by atoms with Crippen LogP contribution in [-0.4, -0.2) is 22.6 Å². The maximum absolute atomic E-state index is 11.3. The minimum atomic E-state index is -0.842. The third-order valence-corrected chi connectivity index (χ3v) is 2.90. The van der Waals surface area contributed by atoms with Gasteiger partial charge in [0.15, 0.2) is 0 Å². The molecule has 1 unspecified atom stereocenters. The highest BCUT2D eigenvalue weighted by atomic mass is 16.4. The van der Waals surface area contributed by atoms with Crippen LogP contribution in [0, 0.1) is 6.92 Å². The number of anilines is 1. The van der Waals surface area contributed by atoms with Gasteiger partial charge in [-0.15, -0.1) is 0 Å². The molecule has 0 saturated carbocycles. The van der Waals surface area contributed by atoms with E-state index in [0.29, 0.717) is 12.4 Å². The predicted molar refractivity (Wildman–Crippen MR) is 74.3 cm³/mol. The number of aromatic nitrogens is 1. The molecule has 1 aromatic carbocycles. The fraction of sp³-hybridized carbons (Fsp3) is 0.200. The van der Waals surface area contributed by atoms with E-state index >= 15 is 0 Å². The summed E-state index contributed by atoms with van der Waals surface area (Å²) in [5, 5.41) is 12.3. The van der Waals surface area contributed by atoms with Gasteiger partial charge in [-0.2, -0.15) is 0 Å². The lowest BCUT2D eigenvalue weighted by Crippen LogP contribution is -2.21. The van der Waals surface area contributed by atoms with Gasteiger partial charge >= 0.3 is 5.97 Å². The van der Waals surface area contributed by atoms with Crippen LogP contribution in [0.15, 0.2) is 48.7 Å². The molecule has 0 aliphatic rings. The Hall–Kier alpha value is -2.36. The molecule has 98 valence electrons. The zero-order valence-corrected chi connectivity index (χ0v) is 10.7. The second kappa shape index (κ2) is 6.00. The van der Waals surface area contributed by atoms with Crippen LogP contribution in [0.25, 0.3) is 0 Å². The van der Waals surface area contributed by atoms with E-state index in [1.807, 2.05) is 49.4 Å². The van der Waals surface area contributed by atoms with E-state index in [2.05, 4.69) is 10.3 Å². The van der Waals surface area contributed by atoms with Crippen molar-refractivity contribution in [1.29, 1.82) is 0 Å². The van der Waals surface area contributed by atoms with Gasteiger partial charge in [0.1, 0.15) is 5.82 Å². The fourth-order valence-electron chi connectivity index (χ4n) is 1.81. The van der Waals surface area contributed by atoms with Crippen molar-refractivity contribution < 1.29 is 9.90 Å². The Morgan fingerprint density at radius 2 is 2.00 bits per heavy atom. The summed E-state index contributed by atoms with van der Waals surface area (Å²) < 4.78 is 0. The first-order chi connectivity index (χ1) is 9.16. The summed E-state index contributed by atoms with van der Waals surface area (Å²) in [6.07, 6.45) is 1.75. The summed E-state index contributed by atoms with van der Waals surface area (Å²) in [4.78, 5) is 15.5. The Bertz CT molecular complexity index is 538. The zero-order chi connectivity index (χ0) is 13.7. The van der Waals surface area contributed by atoms with Gasteiger partial charge in [0.2, 0.25) is 0 Å². The largest absolute Gasteiger partial charge is 0.481 e. The molecule has 0 bridgehead atoms. The van der Waals surface area contributed by atoms with Crippen molar-refractivity contribution in [2.45, 2.75) is 12.8 Å². The summed E-state index contributed by atoms with van der Waals surface area (Å²) >= 11 is 0. The monoisotopic (exact) mass is 256 g/mol. The third kappa shape index (κ3) is 3.55. The Labute approximate surface area is 112 Å². The van der Waals surface area contributed by atoms with Crippen molar-refractivity contribution in [2.75, 3.05) is 11.9 Å². The second-order valence-electron chi connectivity index (χ2n) is 4.40. The number of pyridine rings is 1. The lowest BCUT2D eigenvalue weighted by molar-refractivity contribution is -0.138. The lowest BCUT2D eigenvalue weighted by Gasteiger charge is -2.14. The molecule has 4 nitrogen and oxygen atoms in total. The highest BCUT2D eigenvalue weighted by Gasteiger charge is 2.19. The number of aliphatic carboxylic acids is 1. The number of carboxylic acid groups (broad SMARTS) is 1. The highest BCUT2D eigenvalue weighted by molar-refractivity contribution is 5.76. The van der Waals surface area contributed by atoms with Crippen LogP contribution in [0.2, 0.25) is 0 Å². The van der Waals surface area contributed by atoms with Crippen molar-refractivity contribution >= 4 is 11.8 Å². The van der Waals surface area contributed by atoms with Gasteiger partial charge in [-0.1, -0.05) is 36.4 Å². The van der Waals surface area contributed by atoms with Crippen LogP contribution in [0.5, 0.6) is 0 Å². The molecular formula is C15H16N2O2. The number of nitrogens with zero attached hydrogens (tertiary/aromatic N) is 1. The van der Waals surface area contributed by atoms with E-state index in [1.165, 1.54) is 0 Å². The van der Waals surface area contributed by atoms with Crippen LogP contribution in [0.3, 0.4) is 0 Å². The van der Waals surface area contributed by atoms with Gasteiger partial charge in [0.25, 0.3) is 0 Å². The number of hydrogen-bond donors (Lipinski definition) is 2. The van der Waals surface area contributed by atoms with E-state index < -0.39 is 11.9 Å². The van der Waals surface area contributed by atoms with Crippen molar-refractivity contribution in [2.24, 2.45) is 0 Å². The molecule has 19 heavy (non-hydrogen) atoms. The lowest BCUT2D eigenvalue weighted by atomic mass is 9.99. The number of hydrogen-bond acceptors (Lipinski definition) is 3. The molecule has 0 spiro atoms. The molecule has 2 rings (SSSR count). The van der Waals surface area contributed by atoms with Crippen molar-refractivity contribution in [3.63, 3.8) is 0 Å². The van der Waals surface area contributed by atoms with Gasteiger partial charge in [0.05, 0.1) is 5.92 Å². The van der Waals surface area contributed by atoms with E-state index in [1.54, 1.807) is 6.20 Å². The SMILES string of the molecule is Cc1ccc(NCC(C(=O)O)c2ccccc2)nc1. The van der Waals surface area contributed by atoms with Crippen molar-refractivity contribution in [3.05, 3.63) is 59.8 Å². The number of carbonyl (C=O) groups is 1. The summed E-state index contributed by atoms with van der Waals surface area (Å²) in [6.45, 7) is 2.27. The van der Waals surface area contributed by atoms with Crippen molar-refractivity contribution in [1.82, 2.24) is 4.98 Å². The van der Waals surface area contributed by atoms with Gasteiger partial charge in [-0.25, -0.2) is 4.98 Å². The molecule has 0 aliphatic carbocycles. The van der Waals surface area contributed by atoms with Gasteiger partial charge in [-0.05, 0) is 24.1 Å². The normalized spacial score (nSPS) is 11.8. The van der Waals surface area contributed by atoms with Crippen molar-refractivity contribution in [3.8, 4) is 0 Å². The maximum atomic E-state index is 11.3. The molecule has 4 heteroatoms. The first kappa shape index (κ1) is 13.1. The molecule has 2 aromatic rings. The Morgan fingerprint density at radius 1 is 1.26 bits per heavy atom. The molecule has 0 aliphatic heterocycles. The van der Waals surface area contributed by atoms with E-state index in [9.17, 15) is 9.90 Å². The first-order valence-corrected chi connectivity index (χ1v) is 6.11. The topological polar surface area (TPSA) is 62.2 Å². The summed E-state index contributed by atoms with van der Waals surface area (Å²) in [5.41, 5.74) is 1.86. The Morgan fingerprint density at radius 3 is 2.58 bits per heavy atom. The Balaban J connectivity index is 2.06. The summed E-state index contributed by atoms with van der Waals surface area (Å²) in [6, 6.07) is 13.0. The number of carboxylic acids is 1. The predicted octanol–water partition coefficient (Wildman–Crippen LogP) is 2.67. The fourth-order valence-corrected chi connectivity index (χ4v) is 1.81. The number of benzene rings is 1. The standard InChI is InChI=1S/C15H16N2O2/c1-11-7-8-14(16-9-11)17-10-13(15(18)19)12-5-3-2-4-6-12/h2-9,13H,10H2,1H3,(H,16,17)(H,18,19). The molecule has 1 atom stereocenters. The molecule has 0 fully saturated rings. The molecular weight excluding hydrogens is 240 g/mol. The van der Waals surface area contributed by atoms with E-state index in [-0.39, 0.29) is 0 Å². The molecule has 1 heterocycles. The van der Waals surface area contributed by atoms with Gasteiger partial charge in [0, 0.05) is 12.7 Å². The molecule has 0 amide bonds. The number of aryl methyl sites for hydroxylation is 1. The average Bonchev–Trinajstić information content (AvgIpc) is 2.42. The smallest absolute Gasteiger partial charge is 0.312 e. The van der Waals surface area contributed by atoms with Gasteiger partial charge in [-0.3, -0.25) is 4.79 Å². The van der Waals surface area contributed by atoms with E-state index in [4.69, 9.17) is 0 Å². The van der Waals surface area contributed by atoms with Crippen LogP contribution < -0.4 is 5.32 Å². The van der Waals surface area contributed by atoms with Crippen LogP contribution in [-0.2, 0) is 4.79 Å². The molecule has 0 saturated heterocycles. The molecule has 1 aromatic heterocycles. The average molecular weight is 256 g/mol. The first-order valence-electron chi connectivity index (χ1n) is 6.11. The maximum Gasteiger partial charge on any atom is 0.312 e.